The Kier molecular flexibility index (Phi) is 1.92. The molecule has 2 N–H and O–H groups in total. The molecule has 2 aliphatic heterocycles. The Hall–Kier alpha value is -1.49. The molecule has 1 aromatic rings. The lowest BCUT2D eigenvalue weighted by molar-refractivity contribution is 0.0693. The van der Waals surface area contributed by atoms with Gasteiger partial charge in [0.15, 0.2) is 0 Å². The largest absolute Gasteiger partial charge is 0.474 e. The average Bonchev–Trinajstić information content (AvgIpc) is 2.28. The summed E-state index contributed by atoms with van der Waals surface area (Å²) in [5, 5.41) is 0. The van der Waals surface area contributed by atoms with Crippen molar-refractivity contribution in [3.8, 4) is 5.88 Å². The molecule has 0 amide bonds. The van der Waals surface area contributed by atoms with E-state index in [1.165, 1.54) is 0 Å². The number of hydrogen-bond acceptors (Lipinski definition) is 5. The molecule has 2 aliphatic rings. The van der Waals surface area contributed by atoms with Crippen molar-refractivity contribution in [2.24, 2.45) is 0 Å². The summed E-state index contributed by atoms with van der Waals surface area (Å²) in [5.41, 5.74) is 6.65. The number of aromatic nitrogens is 1. The molecule has 0 spiro atoms. The quantitative estimate of drug-likeness (QED) is 0.661. The second-order valence-electron chi connectivity index (χ2n) is 3.79. The van der Waals surface area contributed by atoms with Crippen molar-refractivity contribution < 1.29 is 9.47 Å². The van der Waals surface area contributed by atoms with Crippen LogP contribution in [0.15, 0.2) is 12.1 Å². The SMILES string of the molecule is Nc1ccc2c(n1)OC[C@@H]1COCCN21. The highest BCUT2D eigenvalue weighted by atomic mass is 16.5. The van der Waals surface area contributed by atoms with Gasteiger partial charge in [0.1, 0.15) is 18.1 Å². The van der Waals surface area contributed by atoms with E-state index in [9.17, 15) is 0 Å². The molecule has 1 aromatic heterocycles. The molecule has 0 radical (unpaired) electrons. The van der Waals surface area contributed by atoms with E-state index in [2.05, 4.69) is 9.88 Å². The van der Waals surface area contributed by atoms with Gasteiger partial charge in [0.25, 0.3) is 0 Å². The first-order chi connectivity index (χ1) is 7.34. The molecule has 0 saturated carbocycles. The van der Waals surface area contributed by atoms with Crippen molar-refractivity contribution in [2.45, 2.75) is 6.04 Å². The maximum Gasteiger partial charge on any atom is 0.239 e. The summed E-state index contributed by atoms with van der Waals surface area (Å²) in [6.45, 7) is 3.01. The van der Waals surface area contributed by atoms with Gasteiger partial charge in [-0.05, 0) is 12.1 Å². The zero-order valence-corrected chi connectivity index (χ0v) is 8.35. The van der Waals surface area contributed by atoms with Gasteiger partial charge in [-0.1, -0.05) is 0 Å². The number of morpholine rings is 1. The maximum atomic E-state index is 5.62. The van der Waals surface area contributed by atoms with Crippen LogP contribution >= 0.6 is 0 Å². The highest BCUT2D eigenvalue weighted by Gasteiger charge is 2.30. The number of nitrogens with zero attached hydrogens (tertiary/aromatic N) is 2. The number of fused-ring (bicyclic) bond motifs is 3. The summed E-state index contributed by atoms with van der Waals surface area (Å²) >= 11 is 0. The van der Waals surface area contributed by atoms with Gasteiger partial charge in [0.05, 0.1) is 19.3 Å². The number of pyridine rings is 1. The Morgan fingerprint density at radius 1 is 1.40 bits per heavy atom. The maximum absolute atomic E-state index is 5.62. The molecule has 0 aromatic carbocycles. The van der Waals surface area contributed by atoms with Gasteiger partial charge in [-0.15, -0.1) is 0 Å². The van der Waals surface area contributed by atoms with Crippen molar-refractivity contribution in [3.05, 3.63) is 12.1 Å². The smallest absolute Gasteiger partial charge is 0.239 e. The second-order valence-corrected chi connectivity index (χ2v) is 3.79. The van der Waals surface area contributed by atoms with Crippen LogP contribution in [0.4, 0.5) is 11.5 Å². The summed E-state index contributed by atoms with van der Waals surface area (Å²) in [5.74, 6) is 1.15. The second kappa shape index (κ2) is 3.27. The van der Waals surface area contributed by atoms with Crippen LogP contribution in [0.3, 0.4) is 0 Å². The van der Waals surface area contributed by atoms with Crippen molar-refractivity contribution in [2.75, 3.05) is 37.0 Å². The van der Waals surface area contributed by atoms with Gasteiger partial charge in [0.2, 0.25) is 5.88 Å². The molecule has 80 valence electrons. The standard InChI is InChI=1S/C10H13N3O2/c11-9-2-1-8-10(12-9)15-6-7-5-14-4-3-13(7)8/h1-2,7H,3-6H2,(H2,11,12)/t7-/m0/s1. The lowest BCUT2D eigenvalue weighted by Crippen LogP contribution is -2.51. The zero-order valence-electron chi connectivity index (χ0n) is 8.35. The highest BCUT2D eigenvalue weighted by molar-refractivity contribution is 5.60. The summed E-state index contributed by atoms with van der Waals surface area (Å²) in [6.07, 6.45) is 0. The Morgan fingerprint density at radius 2 is 2.33 bits per heavy atom. The van der Waals surface area contributed by atoms with E-state index >= 15 is 0 Å². The van der Waals surface area contributed by atoms with Crippen LogP contribution in [0.5, 0.6) is 5.88 Å². The first-order valence-corrected chi connectivity index (χ1v) is 5.08. The minimum atomic E-state index is 0.316. The van der Waals surface area contributed by atoms with Gasteiger partial charge in [-0.3, -0.25) is 0 Å². The minimum absolute atomic E-state index is 0.316. The van der Waals surface area contributed by atoms with E-state index in [1.807, 2.05) is 6.07 Å². The third-order valence-electron chi connectivity index (χ3n) is 2.81. The van der Waals surface area contributed by atoms with Crippen LogP contribution in [0.1, 0.15) is 0 Å². The van der Waals surface area contributed by atoms with E-state index in [4.69, 9.17) is 15.2 Å². The van der Waals surface area contributed by atoms with E-state index in [-0.39, 0.29) is 0 Å². The summed E-state index contributed by atoms with van der Waals surface area (Å²) in [7, 11) is 0. The van der Waals surface area contributed by atoms with Crippen molar-refractivity contribution in [1.82, 2.24) is 4.98 Å². The van der Waals surface area contributed by atoms with Gasteiger partial charge < -0.3 is 20.1 Å². The molecule has 5 nitrogen and oxygen atoms in total. The number of anilines is 2. The Morgan fingerprint density at radius 3 is 3.27 bits per heavy atom. The van der Waals surface area contributed by atoms with E-state index < -0.39 is 0 Å². The van der Waals surface area contributed by atoms with Crippen molar-refractivity contribution in [3.63, 3.8) is 0 Å². The third-order valence-corrected chi connectivity index (χ3v) is 2.81. The first-order valence-electron chi connectivity index (χ1n) is 5.08. The number of rotatable bonds is 0. The highest BCUT2D eigenvalue weighted by Crippen LogP contribution is 2.33. The molecule has 3 heterocycles. The fraction of sp³-hybridized carbons (Fsp3) is 0.500. The Bertz CT molecular complexity index is 383. The molecule has 1 atom stereocenters. The topological polar surface area (TPSA) is 60.6 Å². The normalized spacial score (nSPS) is 24.0. The first kappa shape index (κ1) is 8.79. The van der Waals surface area contributed by atoms with Gasteiger partial charge in [0, 0.05) is 6.54 Å². The summed E-state index contributed by atoms with van der Waals surface area (Å²) in [4.78, 5) is 6.46. The van der Waals surface area contributed by atoms with Crippen LogP contribution in [0.25, 0.3) is 0 Å². The van der Waals surface area contributed by atoms with Crippen LogP contribution in [-0.2, 0) is 4.74 Å². The lowest BCUT2D eigenvalue weighted by Gasteiger charge is -2.40. The van der Waals surface area contributed by atoms with Crippen LogP contribution in [0.2, 0.25) is 0 Å². The van der Waals surface area contributed by atoms with E-state index in [0.29, 0.717) is 24.3 Å². The summed E-state index contributed by atoms with van der Waals surface area (Å²) < 4.78 is 11.0. The zero-order chi connectivity index (χ0) is 10.3. The van der Waals surface area contributed by atoms with Crippen LogP contribution < -0.4 is 15.4 Å². The lowest BCUT2D eigenvalue weighted by atomic mass is 10.2. The van der Waals surface area contributed by atoms with Crippen LogP contribution in [-0.4, -0.2) is 37.4 Å². The van der Waals surface area contributed by atoms with Crippen LogP contribution in [0, 0.1) is 0 Å². The molecule has 3 rings (SSSR count). The Balaban J connectivity index is 1.99. The predicted octanol–water partition coefficient (Wildman–Crippen LogP) is 0.261. The number of hydrogen-bond donors (Lipinski definition) is 1. The number of nitrogen functional groups attached to an aromatic ring is 1. The monoisotopic (exact) mass is 207 g/mol. The van der Waals surface area contributed by atoms with E-state index in [1.54, 1.807) is 6.07 Å². The molecule has 15 heavy (non-hydrogen) atoms. The fourth-order valence-corrected chi connectivity index (χ4v) is 2.06. The molecule has 1 saturated heterocycles. The van der Waals surface area contributed by atoms with Gasteiger partial charge in [-0.25, -0.2) is 0 Å². The molecule has 5 heteroatoms. The van der Waals surface area contributed by atoms with Crippen molar-refractivity contribution in [1.29, 1.82) is 0 Å². The predicted molar refractivity (Wildman–Crippen MR) is 56.1 cm³/mol. The van der Waals surface area contributed by atoms with E-state index in [0.717, 1.165) is 25.4 Å². The number of ether oxygens (including phenoxy) is 2. The summed E-state index contributed by atoms with van der Waals surface area (Å²) in [6, 6.07) is 4.09. The molecule has 0 bridgehead atoms. The fourth-order valence-electron chi connectivity index (χ4n) is 2.06. The molecular weight excluding hydrogens is 194 g/mol. The molecule has 1 fully saturated rings. The van der Waals surface area contributed by atoms with Crippen molar-refractivity contribution >= 4 is 11.5 Å². The minimum Gasteiger partial charge on any atom is -0.474 e. The third kappa shape index (κ3) is 1.39. The van der Waals surface area contributed by atoms with Gasteiger partial charge >= 0.3 is 0 Å². The molecule has 0 unspecified atom stereocenters. The molecular formula is C10H13N3O2. The van der Waals surface area contributed by atoms with Gasteiger partial charge in [-0.2, -0.15) is 4.98 Å². The Labute approximate surface area is 87.8 Å². The number of nitrogens with two attached hydrogens (primary N) is 1. The molecule has 0 aliphatic carbocycles. The average molecular weight is 207 g/mol.